The van der Waals surface area contributed by atoms with Crippen LogP contribution >= 0.6 is 0 Å². The Morgan fingerprint density at radius 2 is 1.86 bits per heavy atom. The molecule has 2 aromatic carbocycles. The van der Waals surface area contributed by atoms with Gasteiger partial charge >= 0.3 is 5.97 Å². The Balaban J connectivity index is 1.27. The van der Waals surface area contributed by atoms with Gasteiger partial charge in [0.15, 0.2) is 6.54 Å². The number of aliphatic hydroxyl groups is 1. The predicted molar refractivity (Wildman–Crippen MR) is 136 cm³/mol. The number of nitrogens with one attached hydrogen (secondary N) is 2. The summed E-state index contributed by atoms with van der Waals surface area (Å²) in [5, 5.41) is 44.4. The zero-order chi connectivity index (χ0) is 26.6. The van der Waals surface area contributed by atoms with E-state index in [0.29, 0.717) is 11.4 Å². The number of phenols is 1. The van der Waals surface area contributed by atoms with E-state index in [2.05, 4.69) is 30.3 Å². The number of tetrazole rings is 1. The lowest BCUT2D eigenvalue weighted by Gasteiger charge is -2.34. The third-order valence-electron chi connectivity index (χ3n) is 6.02. The second-order valence-corrected chi connectivity index (χ2v) is 10.7. The van der Waals surface area contributed by atoms with Crippen molar-refractivity contribution in [3.8, 4) is 17.1 Å². The summed E-state index contributed by atoms with van der Waals surface area (Å²) in [6.45, 7) is 1.59. The average molecular weight is 532 g/mol. The number of aromatic nitrogens is 4. The van der Waals surface area contributed by atoms with E-state index in [4.69, 9.17) is 5.11 Å². The maximum absolute atomic E-state index is 11.5. The molecule has 14 heteroatoms. The van der Waals surface area contributed by atoms with Gasteiger partial charge in [0.25, 0.3) is 0 Å². The van der Waals surface area contributed by atoms with Crippen molar-refractivity contribution >= 4 is 27.4 Å². The van der Waals surface area contributed by atoms with Crippen LogP contribution in [0.1, 0.15) is 24.5 Å². The Morgan fingerprint density at radius 1 is 1.16 bits per heavy atom. The molecule has 198 valence electrons. The van der Waals surface area contributed by atoms with Crippen LogP contribution in [0, 0.1) is 0 Å². The van der Waals surface area contributed by atoms with Crippen LogP contribution in [0.2, 0.25) is 0 Å². The van der Waals surface area contributed by atoms with Gasteiger partial charge in [-0.15, -0.1) is 10.2 Å². The summed E-state index contributed by atoms with van der Waals surface area (Å²) in [5.41, 5.74) is 2.32. The number of aliphatic hydroxyl groups excluding tert-OH is 1. The van der Waals surface area contributed by atoms with E-state index >= 15 is 0 Å². The minimum absolute atomic E-state index is 0.0269. The van der Waals surface area contributed by atoms with E-state index in [1.54, 1.807) is 6.07 Å². The molecule has 13 nitrogen and oxygen atoms in total. The lowest BCUT2D eigenvalue weighted by Crippen LogP contribution is -2.43. The van der Waals surface area contributed by atoms with Crippen LogP contribution in [0.15, 0.2) is 42.5 Å². The predicted octanol–water partition coefficient (Wildman–Crippen LogP) is 0.794. The summed E-state index contributed by atoms with van der Waals surface area (Å²) in [6.07, 6.45) is 1.87. The van der Waals surface area contributed by atoms with Crippen molar-refractivity contribution in [2.75, 3.05) is 35.5 Å². The van der Waals surface area contributed by atoms with Crippen molar-refractivity contribution in [2.45, 2.75) is 31.5 Å². The molecule has 0 bridgehead atoms. The average Bonchev–Trinajstić information content (AvgIpc) is 3.31. The Morgan fingerprint density at radius 3 is 2.51 bits per heavy atom. The molecule has 5 N–H and O–H groups in total. The molecule has 37 heavy (non-hydrogen) atoms. The van der Waals surface area contributed by atoms with Crippen molar-refractivity contribution in [1.82, 2.24) is 25.5 Å². The van der Waals surface area contributed by atoms with Gasteiger partial charge in [-0.05, 0) is 60.0 Å². The number of carboxylic acid groups (broad SMARTS) is 1. The monoisotopic (exact) mass is 531 g/mol. The van der Waals surface area contributed by atoms with E-state index in [0.717, 1.165) is 48.2 Å². The van der Waals surface area contributed by atoms with E-state index in [9.17, 15) is 23.4 Å². The molecule has 4 rings (SSSR count). The van der Waals surface area contributed by atoms with Crippen molar-refractivity contribution in [2.24, 2.45) is 0 Å². The summed E-state index contributed by atoms with van der Waals surface area (Å²) in [7, 11) is -3.56. The lowest BCUT2D eigenvalue weighted by atomic mass is 10.0. The Hall–Kier alpha value is -3.75. The third-order valence-corrected chi connectivity index (χ3v) is 6.61. The highest BCUT2D eigenvalue weighted by molar-refractivity contribution is 7.92. The molecule has 1 aromatic heterocycles. The summed E-state index contributed by atoms with van der Waals surface area (Å²) in [6, 6.07) is 12.2. The van der Waals surface area contributed by atoms with Gasteiger partial charge in [-0.1, -0.05) is 6.07 Å². The lowest BCUT2D eigenvalue weighted by molar-refractivity contribution is -0.138. The molecule has 2 heterocycles. The standard InChI is InChI=1S/C23H29N7O6S/c1-37(35,36)27-19-12-16(4-7-20(19)31)21(32)13-24-17-8-10-29(11-9-17)18-5-2-15(3-6-18)23-25-28-30(26-23)14-22(33)34/h2-7,12,17,21,24,27,31-32H,8-11,13-14H2,1H3,(H,33,34)/t21-/m1/s1. The molecule has 0 aliphatic carbocycles. The number of piperidine rings is 1. The molecular weight excluding hydrogens is 502 g/mol. The van der Waals surface area contributed by atoms with Gasteiger partial charge in [-0.2, -0.15) is 4.80 Å². The molecular formula is C23H29N7O6S. The quantitative estimate of drug-likeness (QED) is 0.233. The van der Waals surface area contributed by atoms with Crippen LogP contribution in [0.25, 0.3) is 11.4 Å². The number of sulfonamides is 1. The molecule has 0 unspecified atom stereocenters. The maximum atomic E-state index is 11.5. The number of phenolic OH excluding ortho intramolecular Hbond substituents is 1. The van der Waals surface area contributed by atoms with E-state index < -0.39 is 22.1 Å². The van der Waals surface area contributed by atoms with E-state index in [1.807, 2.05) is 24.3 Å². The van der Waals surface area contributed by atoms with Crippen molar-refractivity contribution < 1.29 is 28.5 Å². The van der Waals surface area contributed by atoms with Crippen LogP contribution in [0.4, 0.5) is 11.4 Å². The van der Waals surface area contributed by atoms with Crippen LogP contribution in [0.3, 0.4) is 0 Å². The molecule has 1 aliphatic heterocycles. The fourth-order valence-electron chi connectivity index (χ4n) is 4.15. The van der Waals surface area contributed by atoms with Crippen LogP contribution in [-0.2, 0) is 21.4 Å². The smallest absolute Gasteiger partial charge is 0.327 e. The minimum Gasteiger partial charge on any atom is -0.506 e. The SMILES string of the molecule is CS(=O)(=O)Nc1cc([C@H](O)CNC2CCN(c3ccc(-c4nnn(CC(=O)O)n4)cc3)CC2)ccc1O. The second kappa shape index (κ2) is 11.1. The second-order valence-electron chi connectivity index (χ2n) is 8.92. The van der Waals surface area contributed by atoms with E-state index in [-0.39, 0.29) is 30.6 Å². The first-order valence-electron chi connectivity index (χ1n) is 11.6. The Bertz CT molecular complexity index is 1340. The molecule has 0 saturated carbocycles. The maximum Gasteiger partial charge on any atom is 0.327 e. The Labute approximate surface area is 213 Å². The van der Waals surface area contributed by atoms with Crippen LogP contribution in [-0.4, -0.2) is 81.8 Å². The number of nitrogens with zero attached hydrogens (tertiary/aromatic N) is 5. The molecule has 1 saturated heterocycles. The summed E-state index contributed by atoms with van der Waals surface area (Å²) >= 11 is 0. The Kier molecular flexibility index (Phi) is 7.90. The van der Waals surface area contributed by atoms with Gasteiger partial charge < -0.3 is 25.5 Å². The van der Waals surface area contributed by atoms with Gasteiger partial charge in [-0.25, -0.2) is 8.42 Å². The number of rotatable bonds is 10. The first-order valence-corrected chi connectivity index (χ1v) is 13.5. The van der Waals surface area contributed by atoms with Crippen molar-refractivity contribution in [3.05, 3.63) is 48.0 Å². The van der Waals surface area contributed by atoms with E-state index in [1.165, 1.54) is 12.1 Å². The number of anilines is 2. The highest BCUT2D eigenvalue weighted by Gasteiger charge is 2.21. The topological polar surface area (TPSA) is 183 Å². The summed E-state index contributed by atoms with van der Waals surface area (Å²) in [4.78, 5) is 14.1. The van der Waals surface area contributed by atoms with Gasteiger partial charge in [0, 0.05) is 36.9 Å². The number of carbonyl (C=O) groups is 1. The van der Waals surface area contributed by atoms with Crippen molar-refractivity contribution in [1.29, 1.82) is 0 Å². The highest BCUT2D eigenvalue weighted by Crippen LogP contribution is 2.28. The molecule has 1 aliphatic rings. The number of hydrogen-bond acceptors (Lipinski definition) is 10. The van der Waals surface area contributed by atoms with Gasteiger partial charge in [0.2, 0.25) is 15.8 Å². The van der Waals surface area contributed by atoms with Gasteiger partial charge in [0.1, 0.15) is 5.75 Å². The van der Waals surface area contributed by atoms with Gasteiger partial charge in [0.05, 0.1) is 18.0 Å². The summed E-state index contributed by atoms with van der Waals surface area (Å²) < 4.78 is 25.2. The number of aromatic hydroxyl groups is 1. The molecule has 0 spiro atoms. The molecule has 0 amide bonds. The van der Waals surface area contributed by atoms with Crippen LogP contribution in [0.5, 0.6) is 5.75 Å². The zero-order valence-electron chi connectivity index (χ0n) is 20.1. The number of benzene rings is 2. The molecule has 1 atom stereocenters. The largest absolute Gasteiger partial charge is 0.506 e. The normalized spacial score (nSPS) is 15.5. The molecule has 3 aromatic rings. The highest BCUT2D eigenvalue weighted by atomic mass is 32.2. The first-order chi connectivity index (χ1) is 17.6. The fourth-order valence-corrected chi connectivity index (χ4v) is 4.71. The molecule has 1 fully saturated rings. The number of aliphatic carboxylic acids is 1. The first kappa shape index (κ1) is 26.3. The molecule has 0 radical (unpaired) electrons. The summed E-state index contributed by atoms with van der Waals surface area (Å²) in [5.74, 6) is -0.888. The van der Waals surface area contributed by atoms with Crippen LogP contribution < -0.4 is 14.9 Å². The van der Waals surface area contributed by atoms with Gasteiger partial charge in [-0.3, -0.25) is 9.52 Å². The third kappa shape index (κ3) is 7.15. The van der Waals surface area contributed by atoms with Crippen molar-refractivity contribution in [3.63, 3.8) is 0 Å². The zero-order valence-corrected chi connectivity index (χ0v) is 21.0. The minimum atomic E-state index is -3.56. The number of carboxylic acids is 1. The fraction of sp³-hybridized carbons (Fsp3) is 0.391. The number of hydrogen-bond donors (Lipinski definition) is 5.